The van der Waals surface area contributed by atoms with Crippen LogP contribution < -0.4 is 0 Å². The predicted octanol–water partition coefficient (Wildman–Crippen LogP) is 3.39. The van der Waals surface area contributed by atoms with E-state index in [1.807, 2.05) is 28.6 Å². The van der Waals surface area contributed by atoms with Crippen LogP contribution in [0.25, 0.3) is 11.4 Å². The number of likely N-dealkylation sites (tertiary alicyclic amines) is 1. The van der Waals surface area contributed by atoms with Crippen molar-refractivity contribution in [2.24, 2.45) is 18.9 Å². The molecule has 3 rings (SSSR count). The molecule has 0 saturated carbocycles. The Morgan fingerprint density at radius 1 is 1.20 bits per heavy atom. The minimum atomic E-state index is 0.198. The molecule has 1 saturated heterocycles. The molecule has 0 radical (unpaired) electrons. The standard InChI is InChI=1S/C19H26N4OS/c1-13-9-14(2)11-23(10-13)17(24)12-25-19-21-20-18(22(19)4)16-8-6-5-7-15(16)3/h5-8,13-14H,9-12H2,1-4H3/t13-,14+. The average molecular weight is 359 g/mol. The summed E-state index contributed by atoms with van der Waals surface area (Å²) in [7, 11) is 1.96. The van der Waals surface area contributed by atoms with Crippen molar-refractivity contribution in [1.29, 1.82) is 0 Å². The zero-order valence-electron chi connectivity index (χ0n) is 15.4. The van der Waals surface area contributed by atoms with Gasteiger partial charge >= 0.3 is 0 Å². The first-order valence-corrected chi connectivity index (χ1v) is 9.80. The summed E-state index contributed by atoms with van der Waals surface area (Å²) in [5.74, 6) is 2.62. The second-order valence-electron chi connectivity index (χ2n) is 7.21. The summed E-state index contributed by atoms with van der Waals surface area (Å²) < 4.78 is 1.97. The van der Waals surface area contributed by atoms with Gasteiger partial charge in [-0.3, -0.25) is 4.79 Å². The third-order valence-electron chi connectivity index (χ3n) is 4.77. The van der Waals surface area contributed by atoms with E-state index in [0.717, 1.165) is 29.6 Å². The number of rotatable bonds is 4. The Morgan fingerprint density at radius 3 is 2.56 bits per heavy atom. The lowest BCUT2D eigenvalue weighted by Gasteiger charge is -2.34. The second-order valence-corrected chi connectivity index (χ2v) is 8.16. The third-order valence-corrected chi connectivity index (χ3v) is 5.77. The fourth-order valence-corrected chi connectivity index (χ4v) is 4.40. The molecule has 134 valence electrons. The van der Waals surface area contributed by atoms with E-state index in [2.05, 4.69) is 43.1 Å². The summed E-state index contributed by atoms with van der Waals surface area (Å²) in [4.78, 5) is 14.6. The number of carbonyl (C=O) groups excluding carboxylic acids is 1. The molecule has 1 aliphatic rings. The zero-order valence-corrected chi connectivity index (χ0v) is 16.2. The number of aryl methyl sites for hydroxylation is 1. The first-order chi connectivity index (χ1) is 12.0. The highest BCUT2D eigenvalue weighted by atomic mass is 32.2. The van der Waals surface area contributed by atoms with Crippen molar-refractivity contribution in [3.8, 4) is 11.4 Å². The van der Waals surface area contributed by atoms with Gasteiger partial charge in [0.1, 0.15) is 0 Å². The Hall–Kier alpha value is -1.82. The van der Waals surface area contributed by atoms with Crippen molar-refractivity contribution in [2.45, 2.75) is 32.3 Å². The van der Waals surface area contributed by atoms with Gasteiger partial charge in [0.15, 0.2) is 11.0 Å². The van der Waals surface area contributed by atoms with Gasteiger partial charge in [-0.25, -0.2) is 0 Å². The van der Waals surface area contributed by atoms with Crippen LogP contribution in [0.3, 0.4) is 0 Å². The van der Waals surface area contributed by atoms with E-state index in [1.165, 1.54) is 23.7 Å². The molecule has 1 aromatic heterocycles. The topological polar surface area (TPSA) is 51.0 Å². The van der Waals surface area contributed by atoms with Gasteiger partial charge in [0.2, 0.25) is 5.91 Å². The highest BCUT2D eigenvalue weighted by Gasteiger charge is 2.25. The molecule has 25 heavy (non-hydrogen) atoms. The smallest absolute Gasteiger partial charge is 0.233 e. The van der Waals surface area contributed by atoms with Crippen LogP contribution in [0.5, 0.6) is 0 Å². The fourth-order valence-electron chi connectivity index (χ4n) is 3.58. The van der Waals surface area contributed by atoms with Crippen LogP contribution in [0.4, 0.5) is 0 Å². The molecule has 0 bridgehead atoms. The minimum Gasteiger partial charge on any atom is -0.341 e. The van der Waals surface area contributed by atoms with Crippen LogP contribution in [0.15, 0.2) is 29.4 Å². The molecule has 2 atom stereocenters. The van der Waals surface area contributed by atoms with E-state index in [-0.39, 0.29) is 5.91 Å². The Balaban J connectivity index is 1.66. The fraction of sp³-hybridized carbons (Fsp3) is 0.526. The molecule has 0 N–H and O–H groups in total. The summed E-state index contributed by atoms with van der Waals surface area (Å²) in [6.45, 7) is 8.26. The Morgan fingerprint density at radius 2 is 1.88 bits per heavy atom. The molecule has 1 amide bonds. The van der Waals surface area contributed by atoms with Gasteiger partial charge in [-0.2, -0.15) is 0 Å². The third kappa shape index (κ3) is 4.06. The second kappa shape index (κ2) is 7.60. The lowest BCUT2D eigenvalue weighted by molar-refractivity contribution is -0.130. The van der Waals surface area contributed by atoms with Gasteiger partial charge in [0.05, 0.1) is 5.75 Å². The molecule has 0 aliphatic carbocycles. The average Bonchev–Trinajstić information content (AvgIpc) is 2.93. The summed E-state index contributed by atoms with van der Waals surface area (Å²) in [6.07, 6.45) is 1.21. The summed E-state index contributed by atoms with van der Waals surface area (Å²) >= 11 is 1.47. The number of hydrogen-bond acceptors (Lipinski definition) is 4. The minimum absolute atomic E-state index is 0.198. The van der Waals surface area contributed by atoms with Crippen molar-refractivity contribution in [2.75, 3.05) is 18.8 Å². The number of thioether (sulfide) groups is 1. The Bertz CT molecular complexity index is 748. The lowest BCUT2D eigenvalue weighted by atomic mass is 9.92. The summed E-state index contributed by atoms with van der Waals surface area (Å²) in [5.41, 5.74) is 2.25. The molecule has 2 aromatic rings. The van der Waals surface area contributed by atoms with Gasteiger partial charge in [-0.15, -0.1) is 10.2 Å². The predicted molar refractivity (Wildman–Crippen MR) is 101 cm³/mol. The van der Waals surface area contributed by atoms with Gasteiger partial charge in [0.25, 0.3) is 0 Å². The SMILES string of the molecule is Cc1ccccc1-c1nnc(SCC(=O)N2C[C@H](C)C[C@H](C)C2)n1C. The molecule has 1 aromatic carbocycles. The number of benzene rings is 1. The Kier molecular flexibility index (Phi) is 5.47. The van der Waals surface area contributed by atoms with Crippen LogP contribution in [0.1, 0.15) is 25.8 Å². The van der Waals surface area contributed by atoms with E-state index in [1.54, 1.807) is 0 Å². The van der Waals surface area contributed by atoms with Crippen molar-refractivity contribution in [1.82, 2.24) is 19.7 Å². The number of aromatic nitrogens is 3. The van der Waals surface area contributed by atoms with Gasteiger partial charge in [-0.05, 0) is 30.7 Å². The zero-order chi connectivity index (χ0) is 18.0. The van der Waals surface area contributed by atoms with Crippen LogP contribution in [0, 0.1) is 18.8 Å². The first-order valence-electron chi connectivity index (χ1n) is 8.81. The highest BCUT2D eigenvalue weighted by Crippen LogP contribution is 2.26. The van der Waals surface area contributed by atoms with Crippen molar-refractivity contribution in [3.63, 3.8) is 0 Å². The summed E-state index contributed by atoms with van der Waals surface area (Å²) in [5, 5.41) is 9.40. The molecule has 1 aliphatic heterocycles. The van der Waals surface area contributed by atoms with Crippen molar-refractivity contribution in [3.05, 3.63) is 29.8 Å². The van der Waals surface area contributed by atoms with E-state index in [0.29, 0.717) is 17.6 Å². The lowest BCUT2D eigenvalue weighted by Crippen LogP contribution is -2.43. The molecule has 2 heterocycles. The van der Waals surface area contributed by atoms with E-state index in [9.17, 15) is 4.79 Å². The number of carbonyl (C=O) groups is 1. The molecule has 6 heteroatoms. The van der Waals surface area contributed by atoms with Crippen molar-refractivity contribution < 1.29 is 4.79 Å². The number of amides is 1. The monoisotopic (exact) mass is 358 g/mol. The van der Waals surface area contributed by atoms with Crippen LogP contribution in [-0.2, 0) is 11.8 Å². The van der Waals surface area contributed by atoms with Gasteiger partial charge in [-0.1, -0.05) is 49.9 Å². The maximum Gasteiger partial charge on any atom is 0.233 e. The summed E-state index contributed by atoms with van der Waals surface area (Å²) in [6, 6.07) is 8.14. The molecular weight excluding hydrogens is 332 g/mol. The maximum absolute atomic E-state index is 12.6. The normalized spacial score (nSPS) is 20.7. The van der Waals surface area contributed by atoms with Crippen molar-refractivity contribution >= 4 is 17.7 Å². The van der Waals surface area contributed by atoms with Crippen LogP contribution >= 0.6 is 11.8 Å². The highest BCUT2D eigenvalue weighted by molar-refractivity contribution is 7.99. The molecule has 1 fully saturated rings. The van der Waals surface area contributed by atoms with E-state index < -0.39 is 0 Å². The number of nitrogens with zero attached hydrogens (tertiary/aromatic N) is 4. The molecule has 5 nitrogen and oxygen atoms in total. The van der Waals surface area contributed by atoms with Gasteiger partial charge in [0, 0.05) is 25.7 Å². The quantitative estimate of drug-likeness (QED) is 0.786. The van der Waals surface area contributed by atoms with E-state index in [4.69, 9.17) is 0 Å². The largest absolute Gasteiger partial charge is 0.341 e. The first kappa shape index (κ1) is 18.0. The van der Waals surface area contributed by atoms with Gasteiger partial charge < -0.3 is 9.47 Å². The molecular formula is C19H26N4OS. The van der Waals surface area contributed by atoms with Crippen LogP contribution in [-0.4, -0.2) is 44.4 Å². The number of piperidine rings is 1. The Labute approximate surface area is 153 Å². The molecule has 0 spiro atoms. The molecule has 0 unspecified atom stereocenters. The maximum atomic E-state index is 12.6. The number of hydrogen-bond donors (Lipinski definition) is 0. The van der Waals surface area contributed by atoms with Crippen LogP contribution in [0.2, 0.25) is 0 Å². The van der Waals surface area contributed by atoms with E-state index >= 15 is 0 Å².